The summed E-state index contributed by atoms with van der Waals surface area (Å²) >= 11 is 0. The number of carbonyl (C=O) groups is 2. The van der Waals surface area contributed by atoms with Gasteiger partial charge in [0.25, 0.3) is 0 Å². The Morgan fingerprint density at radius 2 is 1.92 bits per heavy atom. The first-order chi connectivity index (χ1) is 12.0. The van der Waals surface area contributed by atoms with Gasteiger partial charge in [-0.2, -0.15) is 0 Å². The van der Waals surface area contributed by atoms with Gasteiger partial charge in [0.2, 0.25) is 0 Å². The standard InChI is InChI=1S/C16H25NO2.C2H2O4/c1-4-6-11-17-12-13-19-16-14(8-5-2)9-7-10-15(16)18-3;3-1(4)2(5)6/h5,7,9-10,17H,2,4,6,8,11-13H2,1,3H3;(H,3,4)(H,5,6). The molecule has 0 radical (unpaired) electrons. The Bertz CT molecular complexity index is 532. The van der Waals surface area contributed by atoms with Crippen molar-refractivity contribution in [2.24, 2.45) is 0 Å². The molecule has 0 aliphatic carbocycles. The third-order valence-electron chi connectivity index (χ3n) is 3.06. The highest BCUT2D eigenvalue weighted by Crippen LogP contribution is 2.31. The molecule has 0 heterocycles. The molecule has 0 fully saturated rings. The second-order valence-corrected chi connectivity index (χ2v) is 5.00. The summed E-state index contributed by atoms with van der Waals surface area (Å²) in [4.78, 5) is 18.2. The molecule has 0 aromatic heterocycles. The maximum Gasteiger partial charge on any atom is 0.414 e. The zero-order chi connectivity index (χ0) is 19.1. The van der Waals surface area contributed by atoms with Crippen LogP contribution in [0.25, 0.3) is 0 Å². The van der Waals surface area contributed by atoms with Crippen LogP contribution in [-0.2, 0) is 16.0 Å². The van der Waals surface area contributed by atoms with Crippen molar-refractivity contribution in [1.82, 2.24) is 5.32 Å². The molecule has 3 N–H and O–H groups in total. The molecule has 140 valence electrons. The summed E-state index contributed by atoms with van der Waals surface area (Å²) in [6.45, 7) is 8.51. The monoisotopic (exact) mass is 353 g/mol. The number of aliphatic carboxylic acids is 2. The molecule has 7 heteroatoms. The lowest BCUT2D eigenvalue weighted by molar-refractivity contribution is -0.159. The highest BCUT2D eigenvalue weighted by Gasteiger charge is 2.09. The Hall–Kier alpha value is -2.54. The number of benzene rings is 1. The first-order valence-corrected chi connectivity index (χ1v) is 8.04. The molecule has 0 saturated heterocycles. The maximum absolute atomic E-state index is 9.10. The first-order valence-electron chi connectivity index (χ1n) is 8.04. The summed E-state index contributed by atoms with van der Waals surface area (Å²) < 4.78 is 11.2. The average Bonchev–Trinajstić information content (AvgIpc) is 2.59. The van der Waals surface area contributed by atoms with Gasteiger partial charge in [0.1, 0.15) is 6.61 Å². The summed E-state index contributed by atoms with van der Waals surface area (Å²) in [5, 5.41) is 18.1. The van der Waals surface area contributed by atoms with E-state index in [1.807, 2.05) is 24.3 Å². The Morgan fingerprint density at radius 3 is 2.44 bits per heavy atom. The molecular weight excluding hydrogens is 326 g/mol. The van der Waals surface area contributed by atoms with Gasteiger partial charge in [0.05, 0.1) is 7.11 Å². The SMILES string of the molecule is C=CCc1cccc(OC)c1OCCNCCCC.O=C(O)C(=O)O. The zero-order valence-electron chi connectivity index (χ0n) is 14.8. The van der Waals surface area contributed by atoms with Crippen LogP contribution in [0, 0.1) is 0 Å². The largest absolute Gasteiger partial charge is 0.493 e. The Labute approximate surface area is 148 Å². The van der Waals surface area contributed by atoms with Gasteiger partial charge in [0, 0.05) is 12.1 Å². The smallest absolute Gasteiger partial charge is 0.414 e. The summed E-state index contributed by atoms with van der Waals surface area (Å²) in [5.74, 6) is -2.03. The van der Waals surface area contributed by atoms with Crippen molar-refractivity contribution < 1.29 is 29.3 Å². The van der Waals surface area contributed by atoms with Crippen molar-refractivity contribution in [2.45, 2.75) is 26.2 Å². The summed E-state index contributed by atoms with van der Waals surface area (Å²) in [7, 11) is 1.67. The Morgan fingerprint density at radius 1 is 1.24 bits per heavy atom. The van der Waals surface area contributed by atoms with Crippen molar-refractivity contribution >= 4 is 11.9 Å². The van der Waals surface area contributed by atoms with Crippen LogP contribution in [0.15, 0.2) is 30.9 Å². The maximum atomic E-state index is 9.10. The number of hydrogen-bond acceptors (Lipinski definition) is 5. The van der Waals surface area contributed by atoms with Gasteiger partial charge in [0.15, 0.2) is 11.5 Å². The lowest BCUT2D eigenvalue weighted by Crippen LogP contribution is -2.22. The van der Waals surface area contributed by atoms with Crippen LogP contribution in [-0.4, -0.2) is 49.0 Å². The molecule has 0 aliphatic heterocycles. The van der Waals surface area contributed by atoms with E-state index in [9.17, 15) is 0 Å². The molecule has 1 aromatic carbocycles. The van der Waals surface area contributed by atoms with E-state index in [1.54, 1.807) is 7.11 Å². The van der Waals surface area contributed by atoms with Gasteiger partial charge in [-0.1, -0.05) is 31.6 Å². The van der Waals surface area contributed by atoms with E-state index < -0.39 is 11.9 Å². The van der Waals surface area contributed by atoms with Gasteiger partial charge >= 0.3 is 11.9 Å². The highest BCUT2D eigenvalue weighted by atomic mass is 16.5. The Balaban J connectivity index is 0.000000823. The van der Waals surface area contributed by atoms with Gasteiger partial charge in [-0.15, -0.1) is 6.58 Å². The minimum atomic E-state index is -1.82. The molecule has 25 heavy (non-hydrogen) atoms. The van der Waals surface area contributed by atoms with Crippen molar-refractivity contribution in [1.29, 1.82) is 0 Å². The van der Waals surface area contributed by atoms with Gasteiger partial charge in [-0.05, 0) is 25.5 Å². The minimum absolute atomic E-state index is 0.647. The topological polar surface area (TPSA) is 105 Å². The van der Waals surface area contributed by atoms with Crippen LogP contribution in [0.2, 0.25) is 0 Å². The molecule has 1 rings (SSSR count). The quantitative estimate of drug-likeness (QED) is 0.337. The van der Waals surface area contributed by atoms with E-state index in [1.165, 1.54) is 12.8 Å². The normalized spacial score (nSPS) is 9.52. The number of rotatable bonds is 10. The zero-order valence-corrected chi connectivity index (χ0v) is 14.8. The minimum Gasteiger partial charge on any atom is -0.493 e. The van der Waals surface area contributed by atoms with Crippen molar-refractivity contribution in [3.05, 3.63) is 36.4 Å². The van der Waals surface area contributed by atoms with Crippen molar-refractivity contribution in [3.63, 3.8) is 0 Å². The van der Waals surface area contributed by atoms with Crippen LogP contribution in [0.3, 0.4) is 0 Å². The summed E-state index contributed by atoms with van der Waals surface area (Å²) in [5.41, 5.74) is 1.11. The van der Waals surface area contributed by atoms with Crippen LogP contribution in [0.1, 0.15) is 25.3 Å². The number of nitrogens with one attached hydrogen (secondary N) is 1. The van der Waals surface area contributed by atoms with Gasteiger partial charge in [-0.25, -0.2) is 9.59 Å². The van der Waals surface area contributed by atoms with E-state index in [4.69, 9.17) is 29.3 Å². The van der Waals surface area contributed by atoms with Crippen molar-refractivity contribution in [2.75, 3.05) is 26.8 Å². The van der Waals surface area contributed by atoms with Crippen molar-refractivity contribution in [3.8, 4) is 11.5 Å². The molecule has 0 bridgehead atoms. The second kappa shape index (κ2) is 13.9. The first kappa shape index (κ1) is 22.5. The Kier molecular flexibility index (Phi) is 12.5. The molecule has 0 atom stereocenters. The number of ether oxygens (including phenoxy) is 2. The molecule has 0 spiro atoms. The number of para-hydroxylation sites is 1. The fraction of sp³-hybridized carbons (Fsp3) is 0.444. The predicted molar refractivity (Wildman–Crippen MR) is 95.4 cm³/mol. The molecule has 0 unspecified atom stereocenters. The van der Waals surface area contributed by atoms with E-state index in [-0.39, 0.29) is 0 Å². The number of allylic oxidation sites excluding steroid dienone is 1. The number of carboxylic acids is 2. The highest BCUT2D eigenvalue weighted by molar-refractivity contribution is 6.27. The fourth-order valence-corrected chi connectivity index (χ4v) is 1.85. The molecule has 0 saturated carbocycles. The lowest BCUT2D eigenvalue weighted by Gasteiger charge is -2.14. The van der Waals surface area contributed by atoms with Gasteiger partial charge in [-0.3, -0.25) is 0 Å². The number of carboxylic acid groups (broad SMARTS) is 2. The van der Waals surface area contributed by atoms with Crippen LogP contribution in [0.5, 0.6) is 11.5 Å². The van der Waals surface area contributed by atoms with Crippen LogP contribution in [0.4, 0.5) is 0 Å². The van der Waals surface area contributed by atoms with E-state index in [0.717, 1.165) is 36.6 Å². The third-order valence-corrected chi connectivity index (χ3v) is 3.06. The lowest BCUT2D eigenvalue weighted by atomic mass is 10.1. The molecule has 1 aromatic rings. The summed E-state index contributed by atoms with van der Waals surface area (Å²) in [6.07, 6.45) is 5.08. The molecule has 0 amide bonds. The number of hydrogen-bond donors (Lipinski definition) is 3. The number of methoxy groups -OCH3 is 1. The van der Waals surface area contributed by atoms with Crippen LogP contribution < -0.4 is 14.8 Å². The predicted octanol–water partition coefficient (Wildman–Crippen LogP) is 2.35. The fourth-order valence-electron chi connectivity index (χ4n) is 1.85. The molecular formula is C18H27NO6. The van der Waals surface area contributed by atoms with E-state index >= 15 is 0 Å². The van der Waals surface area contributed by atoms with Gasteiger partial charge < -0.3 is 25.0 Å². The molecule has 0 aliphatic rings. The third kappa shape index (κ3) is 10.0. The molecule has 7 nitrogen and oxygen atoms in total. The van der Waals surface area contributed by atoms with E-state index in [0.29, 0.717) is 6.61 Å². The second-order valence-electron chi connectivity index (χ2n) is 5.00. The van der Waals surface area contributed by atoms with E-state index in [2.05, 4.69) is 18.8 Å². The van der Waals surface area contributed by atoms with Crippen LogP contribution >= 0.6 is 0 Å². The number of unbranched alkanes of at least 4 members (excludes halogenated alkanes) is 1. The average molecular weight is 353 g/mol. The summed E-state index contributed by atoms with van der Waals surface area (Å²) in [6, 6.07) is 5.94.